The van der Waals surface area contributed by atoms with E-state index in [1.165, 1.54) is 25.0 Å². The van der Waals surface area contributed by atoms with Gasteiger partial charge in [0.05, 0.1) is 6.20 Å². The zero-order valence-corrected chi connectivity index (χ0v) is 11.4. The van der Waals surface area contributed by atoms with Crippen LogP contribution < -0.4 is 10.6 Å². The Morgan fingerprint density at radius 3 is 2.95 bits per heavy atom. The van der Waals surface area contributed by atoms with Gasteiger partial charge in [0, 0.05) is 12.2 Å². The minimum atomic E-state index is -0.309. The molecule has 0 unspecified atom stereocenters. The molecule has 0 radical (unpaired) electrons. The number of anilines is 3. The van der Waals surface area contributed by atoms with E-state index in [1.807, 2.05) is 0 Å². The fourth-order valence-electron chi connectivity index (χ4n) is 1.73. The molecule has 1 aromatic carbocycles. The molecule has 0 spiro atoms. The summed E-state index contributed by atoms with van der Waals surface area (Å²) in [5.74, 6) is 0.697. The van der Waals surface area contributed by atoms with E-state index in [9.17, 15) is 4.39 Å². The van der Waals surface area contributed by atoms with Gasteiger partial charge < -0.3 is 10.6 Å². The maximum atomic E-state index is 13.1. The highest BCUT2D eigenvalue weighted by molar-refractivity contribution is 5.53. The highest BCUT2D eigenvalue weighted by atomic mass is 19.1. The summed E-state index contributed by atoms with van der Waals surface area (Å²) in [6.45, 7) is 3.01. The van der Waals surface area contributed by atoms with Crippen molar-refractivity contribution in [3.05, 3.63) is 36.3 Å². The lowest BCUT2D eigenvalue weighted by atomic mass is 10.2. The maximum absolute atomic E-state index is 13.1. The van der Waals surface area contributed by atoms with Gasteiger partial charge in [-0.1, -0.05) is 25.8 Å². The van der Waals surface area contributed by atoms with E-state index in [0.29, 0.717) is 17.5 Å². The molecule has 0 bridgehead atoms. The van der Waals surface area contributed by atoms with Gasteiger partial charge in [-0.25, -0.2) is 4.39 Å². The van der Waals surface area contributed by atoms with Crippen LogP contribution in [0.1, 0.15) is 26.2 Å². The summed E-state index contributed by atoms with van der Waals surface area (Å²) < 4.78 is 13.1. The molecule has 1 heterocycles. The standard InChI is InChI=1S/C14H18FN5/c1-2-3-4-8-16-13-10-17-20-14(19-13)18-12-7-5-6-11(15)9-12/h5-7,9-10H,2-4,8H2,1H3,(H2,16,18,19,20). The number of rotatable bonds is 7. The molecule has 2 N–H and O–H groups in total. The molecule has 1 aromatic heterocycles. The summed E-state index contributed by atoms with van der Waals surface area (Å²) in [6.07, 6.45) is 5.02. The SMILES string of the molecule is CCCCCNc1cnnc(Nc2cccc(F)c2)n1. The fourth-order valence-corrected chi connectivity index (χ4v) is 1.73. The Morgan fingerprint density at radius 2 is 2.15 bits per heavy atom. The second-order valence-electron chi connectivity index (χ2n) is 4.43. The molecule has 0 saturated heterocycles. The van der Waals surface area contributed by atoms with E-state index in [1.54, 1.807) is 18.3 Å². The van der Waals surface area contributed by atoms with Crippen molar-refractivity contribution in [3.63, 3.8) is 0 Å². The molecule has 0 fully saturated rings. The van der Waals surface area contributed by atoms with E-state index in [4.69, 9.17) is 0 Å². The Morgan fingerprint density at radius 1 is 1.25 bits per heavy atom. The first-order valence-corrected chi connectivity index (χ1v) is 6.74. The van der Waals surface area contributed by atoms with Crippen molar-refractivity contribution >= 4 is 17.5 Å². The smallest absolute Gasteiger partial charge is 0.249 e. The lowest BCUT2D eigenvalue weighted by Gasteiger charge is -2.07. The Labute approximate surface area is 117 Å². The average Bonchev–Trinajstić information content (AvgIpc) is 2.44. The highest BCUT2D eigenvalue weighted by Gasteiger charge is 2.01. The zero-order chi connectivity index (χ0) is 14.2. The van der Waals surface area contributed by atoms with Gasteiger partial charge in [0.1, 0.15) is 5.82 Å². The Bertz CT molecular complexity index is 547. The summed E-state index contributed by atoms with van der Waals surface area (Å²) in [4.78, 5) is 4.28. The largest absolute Gasteiger partial charge is 0.369 e. The van der Waals surface area contributed by atoms with Crippen LogP contribution in [0.3, 0.4) is 0 Å². The van der Waals surface area contributed by atoms with E-state index in [0.717, 1.165) is 13.0 Å². The van der Waals surface area contributed by atoms with Crippen molar-refractivity contribution < 1.29 is 4.39 Å². The predicted octanol–water partition coefficient (Wildman–Crippen LogP) is 3.36. The first-order chi connectivity index (χ1) is 9.78. The van der Waals surface area contributed by atoms with Gasteiger partial charge in [0.25, 0.3) is 0 Å². The normalized spacial score (nSPS) is 10.3. The molecular weight excluding hydrogens is 257 g/mol. The molecule has 0 aliphatic heterocycles. The summed E-state index contributed by atoms with van der Waals surface area (Å²) in [5, 5.41) is 13.9. The van der Waals surface area contributed by atoms with Crippen LogP contribution >= 0.6 is 0 Å². The monoisotopic (exact) mass is 275 g/mol. The third-order valence-electron chi connectivity index (χ3n) is 2.73. The minimum absolute atomic E-state index is 0.309. The molecule has 0 amide bonds. The number of halogens is 1. The third-order valence-corrected chi connectivity index (χ3v) is 2.73. The van der Waals surface area contributed by atoms with Gasteiger partial charge in [-0.2, -0.15) is 10.1 Å². The number of hydrogen-bond acceptors (Lipinski definition) is 5. The van der Waals surface area contributed by atoms with Crippen LogP contribution in [0.25, 0.3) is 0 Å². The van der Waals surface area contributed by atoms with Gasteiger partial charge in [0.15, 0.2) is 5.82 Å². The molecule has 5 nitrogen and oxygen atoms in total. The summed E-state index contributed by atoms with van der Waals surface area (Å²) >= 11 is 0. The van der Waals surface area contributed by atoms with Gasteiger partial charge in [-0.3, -0.25) is 0 Å². The van der Waals surface area contributed by atoms with Crippen LogP contribution in [0.4, 0.5) is 21.8 Å². The fraction of sp³-hybridized carbons (Fsp3) is 0.357. The summed E-state index contributed by atoms with van der Waals surface area (Å²) in [6, 6.07) is 6.13. The lowest BCUT2D eigenvalue weighted by Crippen LogP contribution is -2.06. The highest BCUT2D eigenvalue weighted by Crippen LogP contribution is 2.14. The quantitative estimate of drug-likeness (QED) is 0.759. The van der Waals surface area contributed by atoms with Gasteiger partial charge in [0.2, 0.25) is 5.95 Å². The van der Waals surface area contributed by atoms with Crippen molar-refractivity contribution in [1.82, 2.24) is 15.2 Å². The molecule has 0 aliphatic carbocycles. The van der Waals surface area contributed by atoms with E-state index >= 15 is 0 Å². The molecule has 0 saturated carbocycles. The van der Waals surface area contributed by atoms with Crippen LogP contribution in [0.5, 0.6) is 0 Å². The summed E-state index contributed by atoms with van der Waals surface area (Å²) in [7, 11) is 0. The molecule has 0 aliphatic rings. The number of unbranched alkanes of at least 4 members (excludes halogenated alkanes) is 2. The van der Waals surface area contributed by atoms with Crippen LogP contribution in [0, 0.1) is 5.82 Å². The zero-order valence-electron chi connectivity index (χ0n) is 11.4. The van der Waals surface area contributed by atoms with E-state index < -0.39 is 0 Å². The van der Waals surface area contributed by atoms with Gasteiger partial charge >= 0.3 is 0 Å². The lowest BCUT2D eigenvalue weighted by molar-refractivity contribution is 0.628. The number of nitrogens with zero attached hydrogens (tertiary/aromatic N) is 3. The second-order valence-corrected chi connectivity index (χ2v) is 4.43. The van der Waals surface area contributed by atoms with Gasteiger partial charge in [-0.15, -0.1) is 5.10 Å². The molecule has 6 heteroatoms. The Kier molecular flexibility index (Phi) is 5.23. The van der Waals surface area contributed by atoms with Crippen molar-refractivity contribution in [2.24, 2.45) is 0 Å². The Balaban J connectivity index is 1.95. The third kappa shape index (κ3) is 4.46. The summed E-state index contributed by atoms with van der Waals surface area (Å²) in [5.41, 5.74) is 0.593. The topological polar surface area (TPSA) is 62.7 Å². The second kappa shape index (κ2) is 7.37. The number of nitrogens with one attached hydrogen (secondary N) is 2. The molecular formula is C14H18FN5. The van der Waals surface area contributed by atoms with E-state index in [2.05, 4.69) is 32.7 Å². The maximum Gasteiger partial charge on any atom is 0.249 e. The number of hydrogen-bond donors (Lipinski definition) is 2. The van der Waals surface area contributed by atoms with Crippen molar-refractivity contribution in [1.29, 1.82) is 0 Å². The molecule has 106 valence electrons. The number of aromatic nitrogens is 3. The minimum Gasteiger partial charge on any atom is -0.369 e. The average molecular weight is 275 g/mol. The first kappa shape index (κ1) is 14.2. The molecule has 20 heavy (non-hydrogen) atoms. The molecule has 2 rings (SSSR count). The van der Waals surface area contributed by atoms with E-state index in [-0.39, 0.29) is 5.82 Å². The molecule has 2 aromatic rings. The van der Waals surface area contributed by atoms with Crippen molar-refractivity contribution in [2.75, 3.05) is 17.2 Å². The predicted molar refractivity (Wildman–Crippen MR) is 77.5 cm³/mol. The Hall–Kier alpha value is -2.24. The van der Waals surface area contributed by atoms with Crippen LogP contribution in [0.2, 0.25) is 0 Å². The molecule has 0 atom stereocenters. The first-order valence-electron chi connectivity index (χ1n) is 6.74. The van der Waals surface area contributed by atoms with Crippen LogP contribution in [0.15, 0.2) is 30.5 Å². The van der Waals surface area contributed by atoms with Gasteiger partial charge in [-0.05, 0) is 24.6 Å². The van der Waals surface area contributed by atoms with Crippen LogP contribution in [-0.2, 0) is 0 Å². The number of benzene rings is 1. The van der Waals surface area contributed by atoms with Crippen LogP contribution in [-0.4, -0.2) is 21.7 Å². The van der Waals surface area contributed by atoms with Crippen molar-refractivity contribution in [3.8, 4) is 0 Å². The van der Waals surface area contributed by atoms with Crippen molar-refractivity contribution in [2.45, 2.75) is 26.2 Å².